The van der Waals surface area contributed by atoms with Gasteiger partial charge >= 0.3 is 6.09 Å². The summed E-state index contributed by atoms with van der Waals surface area (Å²) in [5.74, 6) is -2.92. The van der Waals surface area contributed by atoms with Gasteiger partial charge in [0, 0.05) is 25.8 Å². The molecule has 0 spiro atoms. The van der Waals surface area contributed by atoms with Crippen LogP contribution in [-0.4, -0.2) is 96.4 Å². The van der Waals surface area contributed by atoms with Crippen molar-refractivity contribution < 1.29 is 38.3 Å². The quantitative estimate of drug-likeness (QED) is 0.0773. The largest absolute Gasteiger partial charge is 0.444 e. The van der Waals surface area contributed by atoms with Crippen LogP contribution in [0.4, 0.5) is 4.79 Å². The van der Waals surface area contributed by atoms with Gasteiger partial charge in [0.15, 0.2) is 0 Å². The number of alkyl carbamates (subject to hydrolysis) is 1. The molecule has 57 heavy (non-hydrogen) atoms. The number of benzene rings is 2. The molecular weight excluding hydrogens is 751 g/mol. The Kier molecular flexibility index (Phi) is 21.2. The number of hydrogen-bond donors (Lipinski definition) is 7. The summed E-state index contributed by atoms with van der Waals surface area (Å²) in [6.45, 7) is 8.86. The second-order valence-corrected chi connectivity index (χ2v) is 16.1. The van der Waals surface area contributed by atoms with E-state index in [1.165, 1.54) is 11.8 Å². The van der Waals surface area contributed by atoms with E-state index in [1.54, 1.807) is 45.0 Å². The van der Waals surface area contributed by atoms with Gasteiger partial charge < -0.3 is 42.4 Å². The third kappa shape index (κ3) is 20.6. The summed E-state index contributed by atoms with van der Waals surface area (Å²) in [6.07, 6.45) is 3.19. The van der Waals surface area contributed by atoms with Crippen LogP contribution >= 0.6 is 11.8 Å². The molecule has 2 aromatic carbocycles. The van der Waals surface area contributed by atoms with Crippen LogP contribution in [0.5, 0.6) is 0 Å². The molecule has 0 aliphatic carbocycles. The van der Waals surface area contributed by atoms with Crippen LogP contribution in [0.3, 0.4) is 0 Å². The lowest BCUT2D eigenvalue weighted by atomic mass is 10.0. The Morgan fingerprint density at radius 1 is 0.684 bits per heavy atom. The molecule has 0 unspecified atom stereocenters. The molecule has 2 aromatic rings. The number of hydrogen-bond acceptors (Lipinski definition) is 9. The van der Waals surface area contributed by atoms with Gasteiger partial charge in [-0.15, -0.1) is 0 Å². The molecule has 0 fully saturated rings. The lowest BCUT2D eigenvalue weighted by molar-refractivity contribution is -0.133. The normalized spacial score (nSPS) is 13.2. The van der Waals surface area contributed by atoms with Crippen LogP contribution in [0.15, 0.2) is 60.7 Å². The Morgan fingerprint density at radius 3 is 1.74 bits per heavy atom. The Labute approximate surface area is 340 Å². The first-order valence-electron chi connectivity index (χ1n) is 19.3. The van der Waals surface area contributed by atoms with Gasteiger partial charge in [-0.1, -0.05) is 74.5 Å². The summed E-state index contributed by atoms with van der Waals surface area (Å²) < 4.78 is 5.23. The summed E-state index contributed by atoms with van der Waals surface area (Å²) in [5, 5.41) is 16.1. The molecule has 15 nitrogen and oxygen atoms in total. The minimum absolute atomic E-state index is 0.00447. The topological polar surface area (TPSA) is 227 Å². The molecule has 0 aliphatic rings. The van der Waals surface area contributed by atoms with Crippen LogP contribution in [0.2, 0.25) is 0 Å². The molecule has 2 rings (SSSR count). The maximum Gasteiger partial charge on any atom is 0.407 e. The molecule has 0 radical (unpaired) electrons. The summed E-state index contributed by atoms with van der Waals surface area (Å²) in [5.41, 5.74) is 6.39. The Hall–Kier alpha value is -5.12. The first-order chi connectivity index (χ1) is 27.0. The van der Waals surface area contributed by atoms with E-state index in [4.69, 9.17) is 10.5 Å². The summed E-state index contributed by atoms with van der Waals surface area (Å²) >= 11 is 1.50. The predicted octanol–water partition coefficient (Wildman–Crippen LogP) is 2.51. The second-order valence-electron chi connectivity index (χ2n) is 15.2. The van der Waals surface area contributed by atoms with Gasteiger partial charge in [-0.3, -0.25) is 28.8 Å². The highest BCUT2D eigenvalue weighted by molar-refractivity contribution is 7.98. The van der Waals surface area contributed by atoms with Crippen molar-refractivity contribution in [3.63, 3.8) is 0 Å². The van der Waals surface area contributed by atoms with Gasteiger partial charge in [-0.25, -0.2) is 4.79 Å². The number of primary amides is 1. The highest BCUT2D eigenvalue weighted by Gasteiger charge is 2.29. The van der Waals surface area contributed by atoms with Crippen LogP contribution in [0.1, 0.15) is 77.8 Å². The minimum atomic E-state index is -1.13. The minimum Gasteiger partial charge on any atom is -0.444 e. The number of carbonyl (C=O) groups is 7. The number of unbranched alkanes of at least 4 members (excludes halogenated alkanes) is 1. The van der Waals surface area contributed by atoms with Crippen LogP contribution in [0, 0.1) is 5.92 Å². The van der Waals surface area contributed by atoms with Gasteiger partial charge in [0.25, 0.3) is 0 Å². The fraction of sp³-hybridized carbons (Fsp3) is 0.537. The number of thioether (sulfide) groups is 1. The van der Waals surface area contributed by atoms with Crippen molar-refractivity contribution >= 4 is 53.3 Å². The van der Waals surface area contributed by atoms with Crippen LogP contribution in [0.25, 0.3) is 0 Å². The van der Waals surface area contributed by atoms with E-state index in [0.29, 0.717) is 31.6 Å². The smallest absolute Gasteiger partial charge is 0.407 e. The highest BCUT2D eigenvalue weighted by Crippen LogP contribution is 2.10. The van der Waals surface area contributed by atoms with Gasteiger partial charge in [0.2, 0.25) is 35.4 Å². The monoisotopic (exact) mass is 811 g/mol. The molecule has 0 heterocycles. The van der Waals surface area contributed by atoms with Crippen molar-refractivity contribution in [3.8, 4) is 0 Å². The molecule has 0 aromatic heterocycles. The van der Waals surface area contributed by atoms with Crippen molar-refractivity contribution in [2.45, 2.75) is 109 Å². The zero-order valence-corrected chi connectivity index (χ0v) is 34.8. The van der Waals surface area contributed by atoms with E-state index >= 15 is 0 Å². The van der Waals surface area contributed by atoms with E-state index in [1.807, 2.05) is 56.5 Å². The van der Waals surface area contributed by atoms with Crippen LogP contribution < -0.4 is 37.6 Å². The first-order valence-corrected chi connectivity index (χ1v) is 20.7. The fourth-order valence-corrected chi connectivity index (χ4v) is 6.08. The van der Waals surface area contributed by atoms with Gasteiger partial charge in [0.05, 0.1) is 6.54 Å². The zero-order valence-electron chi connectivity index (χ0n) is 34.0. The molecular formula is C41H61N7O8S. The third-order valence-electron chi connectivity index (χ3n) is 8.40. The maximum absolute atomic E-state index is 13.9. The SMILES string of the molecule is CSCC[C@H](NC(=O)[C@H](CC(C)C)NC(=O)CNC(=O)[C@H](Cc1ccccc1)NC(=O)[C@H](Cc1ccccc1)NC(=O)CCCCNC(=O)OC(C)(C)C)C(N)=O. The average Bonchev–Trinajstić information content (AvgIpc) is 3.14. The zero-order chi connectivity index (χ0) is 42.4. The molecule has 4 atom stereocenters. The second kappa shape index (κ2) is 25.2. The van der Waals surface area contributed by atoms with Crippen molar-refractivity contribution in [1.29, 1.82) is 0 Å². The number of amides is 7. The Balaban J connectivity index is 2.14. The van der Waals surface area contributed by atoms with E-state index < -0.39 is 71.9 Å². The number of carbonyl (C=O) groups excluding carboxylic acids is 7. The van der Waals surface area contributed by atoms with E-state index in [9.17, 15) is 33.6 Å². The van der Waals surface area contributed by atoms with Gasteiger partial charge in [-0.2, -0.15) is 11.8 Å². The van der Waals surface area contributed by atoms with Crippen LogP contribution in [-0.2, 0) is 46.3 Å². The lowest BCUT2D eigenvalue weighted by Gasteiger charge is -2.24. The molecule has 0 aliphatic heterocycles. The molecule has 0 saturated carbocycles. The Bertz CT molecular complexity index is 1610. The van der Waals surface area contributed by atoms with E-state index in [2.05, 4.69) is 31.9 Å². The first kappa shape index (κ1) is 48.0. The number of nitrogens with two attached hydrogens (primary N) is 1. The molecule has 8 N–H and O–H groups in total. The standard InChI is InChI=1S/C41H61N7O8S/c1-27(2)23-31(38(53)47-30(36(42)51)20-22-57-6)46-35(50)26-44-37(52)32(24-28-15-9-7-10-16-28)48-39(54)33(25-29-17-11-8-12-18-29)45-34(49)19-13-14-21-43-40(55)56-41(3,4)5/h7-12,15-18,27,30-33H,13-14,19-26H2,1-6H3,(H2,42,51)(H,43,55)(H,44,52)(H,45,49)(H,46,50)(H,47,53)(H,48,54)/t30-,31-,32-,33-/m0/s1. The maximum atomic E-state index is 13.9. The number of rotatable bonds is 24. The average molecular weight is 812 g/mol. The summed E-state index contributed by atoms with van der Waals surface area (Å²) in [6, 6.07) is 14.1. The van der Waals surface area contributed by atoms with Crippen molar-refractivity contribution in [2.75, 3.05) is 25.1 Å². The third-order valence-corrected chi connectivity index (χ3v) is 9.05. The predicted molar refractivity (Wildman–Crippen MR) is 221 cm³/mol. The van der Waals surface area contributed by atoms with Crippen molar-refractivity contribution in [2.24, 2.45) is 11.7 Å². The lowest BCUT2D eigenvalue weighted by Crippen LogP contribution is -2.57. The van der Waals surface area contributed by atoms with Gasteiger partial charge in [-0.05, 0) is 75.5 Å². The van der Waals surface area contributed by atoms with E-state index in [-0.39, 0.29) is 37.5 Å². The fourth-order valence-electron chi connectivity index (χ4n) is 5.60. The summed E-state index contributed by atoms with van der Waals surface area (Å²) in [7, 11) is 0. The highest BCUT2D eigenvalue weighted by atomic mass is 32.2. The molecule has 0 bridgehead atoms. The van der Waals surface area contributed by atoms with E-state index in [0.717, 1.165) is 11.1 Å². The summed E-state index contributed by atoms with van der Waals surface area (Å²) in [4.78, 5) is 90.8. The molecule has 314 valence electrons. The number of ether oxygens (including phenoxy) is 1. The molecule has 7 amide bonds. The van der Waals surface area contributed by atoms with Crippen molar-refractivity contribution in [1.82, 2.24) is 31.9 Å². The molecule has 16 heteroatoms. The van der Waals surface area contributed by atoms with Gasteiger partial charge in [0.1, 0.15) is 29.8 Å². The number of nitrogens with one attached hydrogen (secondary N) is 6. The molecule has 0 saturated heterocycles. The Morgan fingerprint density at radius 2 is 1.21 bits per heavy atom. The van der Waals surface area contributed by atoms with Crippen molar-refractivity contribution in [3.05, 3.63) is 71.8 Å².